The molecule has 1 fully saturated rings. The summed E-state index contributed by atoms with van der Waals surface area (Å²) in [5, 5.41) is 0. The van der Waals surface area contributed by atoms with Crippen molar-refractivity contribution in [3.8, 4) is 5.75 Å². The molecule has 0 heterocycles. The lowest BCUT2D eigenvalue weighted by atomic mass is 9.77. The summed E-state index contributed by atoms with van der Waals surface area (Å²) >= 11 is 0. The molecule has 1 aliphatic rings. The van der Waals surface area contributed by atoms with Gasteiger partial charge in [-0.3, -0.25) is 0 Å². The average Bonchev–Trinajstić information content (AvgIpc) is 2.55. The molecule has 0 aromatic heterocycles. The van der Waals surface area contributed by atoms with E-state index >= 15 is 0 Å². The molecule has 0 atom stereocenters. The Morgan fingerprint density at radius 3 is 2.19 bits per heavy atom. The maximum atomic E-state index is 5.25. The van der Waals surface area contributed by atoms with Gasteiger partial charge in [0.2, 0.25) is 0 Å². The number of rotatable bonds is 8. The van der Waals surface area contributed by atoms with E-state index in [0.29, 0.717) is 0 Å². The second-order valence-electron chi connectivity index (χ2n) is 6.69. The summed E-state index contributed by atoms with van der Waals surface area (Å²) in [5.41, 5.74) is 1.51. The fourth-order valence-corrected chi connectivity index (χ4v) is 3.70. The van der Waals surface area contributed by atoms with Crippen molar-refractivity contribution in [1.82, 2.24) is 0 Å². The van der Waals surface area contributed by atoms with Crippen LogP contribution in [0.2, 0.25) is 0 Å². The van der Waals surface area contributed by atoms with Gasteiger partial charge in [0.1, 0.15) is 5.75 Å². The van der Waals surface area contributed by atoms with Gasteiger partial charge in [-0.25, -0.2) is 0 Å². The Morgan fingerprint density at radius 1 is 0.905 bits per heavy atom. The van der Waals surface area contributed by atoms with Crippen molar-refractivity contribution in [2.24, 2.45) is 5.92 Å². The maximum Gasteiger partial charge on any atom is 0.118 e. The number of hydrogen-bond donors (Lipinski definition) is 0. The Morgan fingerprint density at radius 2 is 1.57 bits per heavy atom. The van der Waals surface area contributed by atoms with E-state index in [-0.39, 0.29) is 0 Å². The van der Waals surface area contributed by atoms with Crippen molar-refractivity contribution >= 4 is 0 Å². The molecular weight excluding hydrogens is 256 g/mol. The summed E-state index contributed by atoms with van der Waals surface area (Å²) in [6.07, 6.45) is 14.2. The van der Waals surface area contributed by atoms with E-state index in [4.69, 9.17) is 4.74 Å². The molecule has 0 radical (unpaired) electrons. The van der Waals surface area contributed by atoms with Crippen molar-refractivity contribution in [3.63, 3.8) is 0 Å². The lowest BCUT2D eigenvalue weighted by Crippen LogP contribution is -2.13. The van der Waals surface area contributed by atoms with E-state index in [1.807, 2.05) is 0 Å². The van der Waals surface area contributed by atoms with Gasteiger partial charge in [0.05, 0.1) is 7.11 Å². The molecule has 1 aromatic rings. The first kappa shape index (κ1) is 16.4. The highest BCUT2D eigenvalue weighted by Gasteiger charge is 2.21. The van der Waals surface area contributed by atoms with Crippen LogP contribution in [0.3, 0.4) is 0 Å². The molecule has 0 unspecified atom stereocenters. The molecule has 0 amide bonds. The zero-order chi connectivity index (χ0) is 14.9. The normalized spacial score (nSPS) is 22.2. The standard InChI is InChI=1S/C20H32O/c1-3-4-5-6-7-8-17-9-11-18(12-10-17)19-13-15-20(21-2)16-14-19/h13-18H,3-12H2,1-2H3. The van der Waals surface area contributed by atoms with Gasteiger partial charge in [0, 0.05) is 0 Å². The van der Waals surface area contributed by atoms with Crippen LogP contribution in [0.25, 0.3) is 0 Å². The van der Waals surface area contributed by atoms with Gasteiger partial charge in [-0.15, -0.1) is 0 Å². The third-order valence-electron chi connectivity index (χ3n) is 5.15. The summed E-state index contributed by atoms with van der Waals surface area (Å²) in [5.74, 6) is 2.76. The molecule has 1 aromatic carbocycles. The quantitative estimate of drug-likeness (QED) is 0.508. The Balaban J connectivity index is 1.67. The van der Waals surface area contributed by atoms with Gasteiger partial charge in [-0.05, 0) is 55.2 Å². The third-order valence-corrected chi connectivity index (χ3v) is 5.15. The first-order chi connectivity index (χ1) is 10.3. The first-order valence-corrected chi connectivity index (χ1v) is 8.97. The molecule has 0 saturated heterocycles. The van der Waals surface area contributed by atoms with E-state index in [9.17, 15) is 0 Å². The molecule has 2 rings (SSSR count). The van der Waals surface area contributed by atoms with Gasteiger partial charge in [-0.2, -0.15) is 0 Å². The number of methoxy groups -OCH3 is 1. The van der Waals surface area contributed by atoms with Crippen LogP contribution in [0.4, 0.5) is 0 Å². The maximum absolute atomic E-state index is 5.25. The Bertz CT molecular complexity index is 373. The molecular formula is C20H32O. The highest BCUT2D eigenvalue weighted by Crippen LogP contribution is 2.38. The molecule has 118 valence electrons. The predicted molar refractivity (Wildman–Crippen MR) is 91.1 cm³/mol. The van der Waals surface area contributed by atoms with Crippen LogP contribution in [-0.2, 0) is 0 Å². The van der Waals surface area contributed by atoms with Crippen LogP contribution in [0, 0.1) is 5.92 Å². The molecule has 0 bridgehead atoms. The van der Waals surface area contributed by atoms with Crippen molar-refractivity contribution < 1.29 is 4.74 Å². The van der Waals surface area contributed by atoms with Crippen LogP contribution in [0.1, 0.15) is 82.6 Å². The fourth-order valence-electron chi connectivity index (χ4n) is 3.70. The summed E-state index contributed by atoms with van der Waals surface area (Å²) in [4.78, 5) is 0. The second-order valence-corrected chi connectivity index (χ2v) is 6.69. The minimum Gasteiger partial charge on any atom is -0.497 e. The van der Waals surface area contributed by atoms with Crippen molar-refractivity contribution in [3.05, 3.63) is 29.8 Å². The lowest BCUT2D eigenvalue weighted by Gasteiger charge is -2.29. The van der Waals surface area contributed by atoms with Crippen molar-refractivity contribution in [2.75, 3.05) is 7.11 Å². The SMILES string of the molecule is CCCCCCCC1CCC(c2ccc(OC)cc2)CC1. The molecule has 1 heteroatoms. The molecule has 1 nitrogen and oxygen atoms in total. The van der Waals surface area contributed by atoms with E-state index in [2.05, 4.69) is 31.2 Å². The van der Waals surface area contributed by atoms with E-state index in [1.54, 1.807) is 7.11 Å². The zero-order valence-electron chi connectivity index (χ0n) is 13.9. The van der Waals surface area contributed by atoms with Crippen molar-refractivity contribution in [1.29, 1.82) is 0 Å². The van der Waals surface area contributed by atoms with Crippen LogP contribution in [0.15, 0.2) is 24.3 Å². The molecule has 1 aliphatic carbocycles. The van der Waals surface area contributed by atoms with Gasteiger partial charge < -0.3 is 4.74 Å². The number of unbranched alkanes of at least 4 members (excludes halogenated alkanes) is 4. The zero-order valence-corrected chi connectivity index (χ0v) is 13.9. The Hall–Kier alpha value is -0.980. The first-order valence-electron chi connectivity index (χ1n) is 8.97. The Kier molecular flexibility index (Phi) is 7.12. The van der Waals surface area contributed by atoms with Gasteiger partial charge >= 0.3 is 0 Å². The minimum absolute atomic E-state index is 0.784. The minimum atomic E-state index is 0.784. The molecule has 0 N–H and O–H groups in total. The van der Waals surface area contributed by atoms with Crippen LogP contribution < -0.4 is 4.74 Å². The molecule has 21 heavy (non-hydrogen) atoms. The van der Waals surface area contributed by atoms with Crippen LogP contribution in [-0.4, -0.2) is 7.11 Å². The monoisotopic (exact) mass is 288 g/mol. The second kappa shape index (κ2) is 9.12. The summed E-state index contributed by atoms with van der Waals surface area (Å²) in [7, 11) is 1.74. The van der Waals surface area contributed by atoms with Gasteiger partial charge in [-0.1, -0.05) is 57.6 Å². The summed E-state index contributed by atoms with van der Waals surface area (Å²) < 4.78 is 5.25. The Labute approximate surface area is 131 Å². The number of ether oxygens (including phenoxy) is 1. The smallest absolute Gasteiger partial charge is 0.118 e. The van der Waals surface area contributed by atoms with Gasteiger partial charge in [0.25, 0.3) is 0 Å². The lowest BCUT2D eigenvalue weighted by molar-refractivity contribution is 0.302. The largest absolute Gasteiger partial charge is 0.497 e. The van der Waals surface area contributed by atoms with E-state index < -0.39 is 0 Å². The molecule has 1 saturated carbocycles. The van der Waals surface area contributed by atoms with Crippen LogP contribution in [0.5, 0.6) is 5.75 Å². The number of benzene rings is 1. The predicted octanol–water partition coefficient (Wildman–Crippen LogP) is 6.33. The molecule has 0 aliphatic heterocycles. The van der Waals surface area contributed by atoms with E-state index in [1.165, 1.54) is 69.8 Å². The highest BCUT2D eigenvalue weighted by atomic mass is 16.5. The summed E-state index contributed by atoms with van der Waals surface area (Å²) in [6, 6.07) is 8.73. The average molecular weight is 288 g/mol. The van der Waals surface area contributed by atoms with E-state index in [0.717, 1.165) is 17.6 Å². The third kappa shape index (κ3) is 5.37. The topological polar surface area (TPSA) is 9.23 Å². The highest BCUT2D eigenvalue weighted by molar-refractivity contribution is 5.29. The van der Waals surface area contributed by atoms with Crippen molar-refractivity contribution in [2.45, 2.75) is 77.0 Å². The molecule has 0 spiro atoms. The summed E-state index contributed by atoms with van der Waals surface area (Å²) in [6.45, 7) is 2.29. The van der Waals surface area contributed by atoms with Crippen LogP contribution >= 0.6 is 0 Å². The fraction of sp³-hybridized carbons (Fsp3) is 0.700. The van der Waals surface area contributed by atoms with Gasteiger partial charge in [0.15, 0.2) is 0 Å². The number of hydrogen-bond acceptors (Lipinski definition) is 1.